The van der Waals surface area contributed by atoms with E-state index in [2.05, 4.69) is 174 Å². The zero-order valence-corrected chi connectivity index (χ0v) is 37.5. The summed E-state index contributed by atoms with van der Waals surface area (Å²) in [5.74, 6) is 1.31. The predicted octanol–water partition coefficient (Wildman–Crippen LogP) is 13.4. The largest absolute Gasteiger partial charge is 0.295 e. The maximum absolute atomic E-state index is 2.76. The van der Waals surface area contributed by atoms with E-state index < -0.39 is 0 Å². The molecule has 0 amide bonds. The molecular weight excluding hydrogens is 703 g/mol. The first kappa shape index (κ1) is 40.3. The van der Waals surface area contributed by atoms with E-state index >= 15 is 0 Å². The van der Waals surface area contributed by atoms with Crippen LogP contribution >= 0.6 is 0 Å². The van der Waals surface area contributed by atoms with Crippen LogP contribution in [-0.4, -0.2) is 4.57 Å². The number of rotatable bonds is 13. The van der Waals surface area contributed by atoms with Gasteiger partial charge in [-0.15, -0.1) is 0 Å². The zero-order chi connectivity index (χ0) is 41.0. The van der Waals surface area contributed by atoms with E-state index in [0.29, 0.717) is 0 Å². The van der Waals surface area contributed by atoms with Gasteiger partial charge < -0.3 is 0 Å². The fourth-order valence-electron chi connectivity index (χ4n) is 11.9. The molecule has 0 radical (unpaired) electrons. The van der Waals surface area contributed by atoms with E-state index in [0.717, 1.165) is 38.6 Å². The monoisotopic (exact) mass is 772 g/mol. The maximum atomic E-state index is 2.76. The molecule has 302 valence electrons. The Morgan fingerprint density at radius 2 is 1.38 bits per heavy atom. The molecule has 0 saturated heterocycles. The second-order valence-electron chi connectivity index (χ2n) is 18.7. The average Bonchev–Trinajstić information content (AvgIpc) is 3.72. The van der Waals surface area contributed by atoms with Crippen LogP contribution in [0.15, 0.2) is 91.1 Å². The Balaban J connectivity index is 1.40. The van der Waals surface area contributed by atoms with Crippen LogP contribution in [0.25, 0.3) is 39.4 Å². The van der Waals surface area contributed by atoms with Crippen molar-refractivity contribution in [3.8, 4) is 28.3 Å². The van der Waals surface area contributed by atoms with Crippen molar-refractivity contribution in [3.05, 3.63) is 136 Å². The number of imidazole rings is 1. The summed E-state index contributed by atoms with van der Waals surface area (Å²) in [5, 5.41) is 0. The van der Waals surface area contributed by atoms with Gasteiger partial charge in [0.15, 0.2) is 22.8 Å². The van der Waals surface area contributed by atoms with Crippen molar-refractivity contribution in [3.63, 3.8) is 0 Å². The van der Waals surface area contributed by atoms with Gasteiger partial charge in [-0.3, -0.25) is 0 Å². The molecular formula is C55H69N3+2. The van der Waals surface area contributed by atoms with Crippen molar-refractivity contribution in [1.82, 2.24) is 4.57 Å². The Kier molecular flexibility index (Phi) is 10.8. The summed E-state index contributed by atoms with van der Waals surface area (Å²) in [5.41, 5.74) is 19.8. The van der Waals surface area contributed by atoms with Gasteiger partial charge in [0.2, 0.25) is 5.69 Å². The van der Waals surface area contributed by atoms with E-state index in [-0.39, 0.29) is 16.4 Å². The highest BCUT2D eigenvalue weighted by Crippen LogP contribution is 2.53. The molecule has 3 atom stereocenters. The minimum Gasteiger partial charge on any atom is -0.222 e. The summed E-state index contributed by atoms with van der Waals surface area (Å²) >= 11 is 0. The first-order chi connectivity index (χ1) is 28.0. The van der Waals surface area contributed by atoms with Gasteiger partial charge in [0.1, 0.15) is 5.69 Å². The summed E-state index contributed by atoms with van der Waals surface area (Å²) in [6.45, 7) is 24.9. The quantitative estimate of drug-likeness (QED) is 0.104. The summed E-state index contributed by atoms with van der Waals surface area (Å²) in [6.07, 6.45) is 15.4. The molecule has 3 unspecified atom stereocenters. The molecule has 8 rings (SSSR count). The number of hydrogen-bond donors (Lipinski definition) is 0. The number of hydrogen-bond acceptors (Lipinski definition) is 0. The predicted molar refractivity (Wildman–Crippen MR) is 244 cm³/mol. The highest BCUT2D eigenvalue weighted by Gasteiger charge is 2.59. The van der Waals surface area contributed by atoms with Crippen molar-refractivity contribution in [2.45, 2.75) is 163 Å². The van der Waals surface area contributed by atoms with E-state index in [1.807, 2.05) is 0 Å². The summed E-state index contributed by atoms with van der Waals surface area (Å²) in [4.78, 5) is 0. The van der Waals surface area contributed by atoms with Gasteiger partial charge in [-0.1, -0.05) is 108 Å². The maximum Gasteiger partial charge on any atom is 0.295 e. The molecule has 3 heteroatoms. The lowest BCUT2D eigenvalue weighted by Crippen LogP contribution is -2.69. The first-order valence-electron chi connectivity index (χ1n) is 22.9. The molecule has 0 spiro atoms. The molecule has 4 aromatic carbocycles. The molecule has 1 aliphatic carbocycles. The van der Waals surface area contributed by atoms with Crippen LogP contribution in [0, 0.1) is 27.7 Å². The van der Waals surface area contributed by atoms with Crippen LogP contribution in [0.4, 0.5) is 0 Å². The van der Waals surface area contributed by atoms with Crippen molar-refractivity contribution < 1.29 is 9.13 Å². The Hall–Kier alpha value is -4.50. The molecule has 0 N–H and O–H groups in total. The van der Waals surface area contributed by atoms with Crippen molar-refractivity contribution in [2.75, 3.05) is 0 Å². The molecule has 3 nitrogen and oxygen atoms in total. The highest BCUT2D eigenvalue weighted by atomic mass is 15.2. The molecule has 3 heterocycles. The van der Waals surface area contributed by atoms with Gasteiger partial charge in [0.25, 0.3) is 5.82 Å². The second kappa shape index (κ2) is 15.6. The van der Waals surface area contributed by atoms with E-state index in [1.165, 1.54) is 111 Å². The number of fused-ring (bicyclic) bond motifs is 5. The summed E-state index contributed by atoms with van der Waals surface area (Å²) < 4.78 is 8.17. The third-order valence-corrected chi connectivity index (χ3v) is 15.5. The smallest absolute Gasteiger partial charge is 0.222 e. The van der Waals surface area contributed by atoms with Gasteiger partial charge in [-0.2, -0.15) is 9.13 Å². The third kappa shape index (κ3) is 6.12. The number of pyridine rings is 1. The van der Waals surface area contributed by atoms with Crippen LogP contribution in [-0.2, 0) is 35.8 Å². The van der Waals surface area contributed by atoms with Gasteiger partial charge >= 0.3 is 0 Å². The van der Waals surface area contributed by atoms with Crippen LogP contribution in [0.3, 0.4) is 0 Å². The second-order valence-corrected chi connectivity index (χ2v) is 18.7. The van der Waals surface area contributed by atoms with Gasteiger partial charge in [0.05, 0.1) is 23.1 Å². The fraction of sp³-hybridized carbons (Fsp3) is 0.455. The standard InChI is InChI=1S/C55H69N3/c1-11-15-25-42-30-34-57-51(41(42)8)45-27-19-20-28-46(45)55(14-4,54(57,10)13-3)33-35-56-48-36-43-29-32-53(9,31-16-12-2)47(43)37-49(48)58(50-39(6)23-21-24-40(50)7)52(56)44-26-18-17-22-38(44)5/h17-24,26-28,30,34,36-37H,11-16,25,29,31-33,35H2,1-10H3/q+2. The van der Waals surface area contributed by atoms with E-state index in [9.17, 15) is 0 Å². The van der Waals surface area contributed by atoms with Gasteiger partial charge in [-0.05, 0) is 135 Å². The van der Waals surface area contributed by atoms with E-state index in [1.54, 1.807) is 11.1 Å². The third-order valence-electron chi connectivity index (χ3n) is 15.5. The van der Waals surface area contributed by atoms with Crippen molar-refractivity contribution in [1.29, 1.82) is 0 Å². The number of para-hydroxylation sites is 1. The molecule has 0 bridgehead atoms. The minimum absolute atomic E-state index is 0.0914. The molecule has 2 aromatic heterocycles. The summed E-state index contributed by atoms with van der Waals surface area (Å²) in [6, 6.07) is 33.2. The van der Waals surface area contributed by atoms with Crippen LogP contribution in [0.2, 0.25) is 0 Å². The molecule has 6 aromatic rings. The number of aryl methyl sites for hydroxylation is 6. The Labute approximate surface area is 350 Å². The lowest BCUT2D eigenvalue weighted by molar-refractivity contribution is -0.768. The fourth-order valence-corrected chi connectivity index (χ4v) is 11.9. The number of nitrogens with zero attached hydrogens (tertiary/aromatic N) is 3. The highest BCUT2D eigenvalue weighted by molar-refractivity contribution is 5.83. The Morgan fingerprint density at radius 1 is 0.690 bits per heavy atom. The number of aromatic nitrogens is 3. The zero-order valence-electron chi connectivity index (χ0n) is 37.5. The topological polar surface area (TPSA) is 12.7 Å². The van der Waals surface area contributed by atoms with Crippen LogP contribution in [0.5, 0.6) is 0 Å². The van der Waals surface area contributed by atoms with Gasteiger partial charge in [0, 0.05) is 31.4 Å². The molecule has 2 aliphatic rings. The summed E-state index contributed by atoms with van der Waals surface area (Å²) in [7, 11) is 0. The van der Waals surface area contributed by atoms with Crippen LogP contribution < -0.4 is 9.13 Å². The SMILES string of the molecule is CCCCc1cc[n+]2c(c1C)-c1ccccc1C(CC)(CC[n+]1c(-c3ccccc3C)n(-c3c(C)cccc3C)c3cc4c(cc31)CCC4(C)CCCC)C2(C)CC. The first-order valence-corrected chi connectivity index (χ1v) is 22.9. The minimum atomic E-state index is -0.115. The lowest BCUT2D eigenvalue weighted by Gasteiger charge is -2.48. The van der Waals surface area contributed by atoms with Crippen molar-refractivity contribution in [2.24, 2.45) is 0 Å². The molecule has 1 aliphatic heterocycles. The number of unbranched alkanes of at least 4 members (excludes halogenated alkanes) is 2. The average molecular weight is 772 g/mol. The normalized spacial score (nSPS) is 21.0. The molecule has 0 fully saturated rings. The Bertz CT molecular complexity index is 2480. The molecule has 58 heavy (non-hydrogen) atoms. The number of benzene rings is 4. The van der Waals surface area contributed by atoms with Gasteiger partial charge in [-0.25, -0.2) is 4.57 Å². The molecule has 0 saturated carbocycles. The van der Waals surface area contributed by atoms with Crippen molar-refractivity contribution >= 4 is 11.0 Å². The lowest BCUT2D eigenvalue weighted by atomic mass is 9.57. The van der Waals surface area contributed by atoms with Crippen LogP contribution in [0.1, 0.15) is 144 Å². The van der Waals surface area contributed by atoms with E-state index in [4.69, 9.17) is 0 Å². The Morgan fingerprint density at radius 3 is 2.07 bits per heavy atom.